The largest absolute Gasteiger partial charge is 0.360 e. The number of thiophene rings is 1. The van der Waals surface area contributed by atoms with E-state index < -0.39 is 11.6 Å². The predicted octanol–water partition coefficient (Wildman–Crippen LogP) is 3.48. The van der Waals surface area contributed by atoms with E-state index in [1.54, 1.807) is 11.3 Å². The standard InChI is InChI=1S/C18H18F2N2OS/c19-14-3-1-4-15(20)17(14)12-11-13(12)18(23)22-8-6-21(7-9-22)16-5-2-10-24-16/h1-5,10,12-13H,6-9,11H2/t12-,13+/m0/s1. The number of carbonyl (C=O) groups excluding carboxylic acids is 1. The zero-order valence-corrected chi connectivity index (χ0v) is 13.9. The van der Waals surface area contributed by atoms with Crippen LogP contribution in [0.2, 0.25) is 0 Å². The van der Waals surface area contributed by atoms with Gasteiger partial charge in [0.2, 0.25) is 5.91 Å². The summed E-state index contributed by atoms with van der Waals surface area (Å²) in [6.07, 6.45) is 0.543. The number of hydrogen-bond donors (Lipinski definition) is 0. The van der Waals surface area contributed by atoms with Crippen molar-refractivity contribution in [3.05, 3.63) is 52.9 Å². The molecule has 1 aliphatic heterocycles. The number of rotatable bonds is 3. The van der Waals surface area contributed by atoms with E-state index in [-0.39, 0.29) is 23.3 Å². The highest BCUT2D eigenvalue weighted by Gasteiger charge is 2.48. The topological polar surface area (TPSA) is 23.6 Å². The van der Waals surface area contributed by atoms with E-state index in [2.05, 4.69) is 11.0 Å². The summed E-state index contributed by atoms with van der Waals surface area (Å²) in [5, 5.41) is 3.27. The second-order valence-electron chi connectivity index (χ2n) is 6.35. The molecular weight excluding hydrogens is 330 g/mol. The molecule has 2 heterocycles. The number of amides is 1. The van der Waals surface area contributed by atoms with Gasteiger partial charge in [0.1, 0.15) is 11.6 Å². The van der Waals surface area contributed by atoms with Gasteiger partial charge in [0.05, 0.1) is 5.00 Å². The van der Waals surface area contributed by atoms with Crippen molar-refractivity contribution in [2.45, 2.75) is 12.3 Å². The monoisotopic (exact) mass is 348 g/mol. The maximum absolute atomic E-state index is 13.9. The molecule has 1 saturated heterocycles. The lowest BCUT2D eigenvalue weighted by Gasteiger charge is -2.35. The van der Waals surface area contributed by atoms with Gasteiger partial charge in [-0.1, -0.05) is 6.07 Å². The Balaban J connectivity index is 1.38. The highest BCUT2D eigenvalue weighted by molar-refractivity contribution is 7.14. The molecule has 2 aromatic rings. The molecule has 0 N–H and O–H groups in total. The summed E-state index contributed by atoms with van der Waals surface area (Å²) in [6.45, 7) is 2.94. The molecule has 126 valence electrons. The van der Waals surface area contributed by atoms with Crippen molar-refractivity contribution in [2.24, 2.45) is 5.92 Å². The van der Waals surface area contributed by atoms with Crippen LogP contribution < -0.4 is 4.90 Å². The van der Waals surface area contributed by atoms with Crippen LogP contribution in [0.4, 0.5) is 13.8 Å². The van der Waals surface area contributed by atoms with Crippen molar-refractivity contribution in [1.29, 1.82) is 0 Å². The highest BCUT2D eigenvalue weighted by atomic mass is 32.1. The summed E-state index contributed by atoms with van der Waals surface area (Å²) < 4.78 is 27.7. The highest BCUT2D eigenvalue weighted by Crippen LogP contribution is 2.50. The Morgan fingerprint density at radius 1 is 1.04 bits per heavy atom. The maximum atomic E-state index is 13.9. The van der Waals surface area contributed by atoms with Crippen molar-refractivity contribution in [2.75, 3.05) is 31.1 Å². The number of carbonyl (C=O) groups is 1. The molecule has 0 bridgehead atoms. The van der Waals surface area contributed by atoms with Crippen LogP contribution in [0.1, 0.15) is 17.9 Å². The Morgan fingerprint density at radius 2 is 1.75 bits per heavy atom. The SMILES string of the molecule is O=C([C@@H]1C[C@@H]1c1c(F)cccc1F)N1CCN(c2cccs2)CC1. The molecule has 2 atom stereocenters. The lowest BCUT2D eigenvalue weighted by Crippen LogP contribution is -2.49. The number of hydrogen-bond acceptors (Lipinski definition) is 3. The van der Waals surface area contributed by atoms with E-state index in [0.29, 0.717) is 19.5 Å². The van der Waals surface area contributed by atoms with E-state index in [1.165, 1.54) is 23.2 Å². The fourth-order valence-corrected chi connectivity index (χ4v) is 4.27. The first-order chi connectivity index (χ1) is 11.6. The Kier molecular flexibility index (Phi) is 4.00. The van der Waals surface area contributed by atoms with Crippen LogP contribution in [0.3, 0.4) is 0 Å². The zero-order chi connectivity index (χ0) is 16.7. The molecule has 0 spiro atoms. The lowest BCUT2D eigenvalue weighted by atomic mass is 10.1. The van der Waals surface area contributed by atoms with Gasteiger partial charge in [-0.25, -0.2) is 8.78 Å². The quantitative estimate of drug-likeness (QED) is 0.848. The predicted molar refractivity (Wildman–Crippen MR) is 90.3 cm³/mol. The summed E-state index contributed by atoms with van der Waals surface area (Å²) >= 11 is 1.70. The van der Waals surface area contributed by atoms with Crippen LogP contribution in [0, 0.1) is 17.6 Å². The molecule has 3 nitrogen and oxygen atoms in total. The van der Waals surface area contributed by atoms with Crippen molar-refractivity contribution in [1.82, 2.24) is 4.90 Å². The molecule has 0 radical (unpaired) electrons. The smallest absolute Gasteiger partial charge is 0.226 e. The minimum absolute atomic E-state index is 0.0356. The third kappa shape index (κ3) is 2.79. The van der Waals surface area contributed by atoms with Gasteiger partial charge in [0.15, 0.2) is 0 Å². The van der Waals surface area contributed by atoms with Crippen molar-refractivity contribution in [3.63, 3.8) is 0 Å². The van der Waals surface area contributed by atoms with Gasteiger partial charge in [-0.3, -0.25) is 4.79 Å². The van der Waals surface area contributed by atoms with Crippen molar-refractivity contribution >= 4 is 22.2 Å². The lowest BCUT2D eigenvalue weighted by molar-refractivity contribution is -0.132. The van der Waals surface area contributed by atoms with Gasteiger partial charge >= 0.3 is 0 Å². The number of anilines is 1. The minimum atomic E-state index is -0.544. The van der Waals surface area contributed by atoms with E-state index in [4.69, 9.17) is 0 Å². The molecule has 0 unspecified atom stereocenters. The van der Waals surface area contributed by atoms with Crippen molar-refractivity contribution < 1.29 is 13.6 Å². The summed E-state index contributed by atoms with van der Waals surface area (Å²) in [5.41, 5.74) is 0.0769. The van der Waals surface area contributed by atoms with Crippen LogP contribution in [0.5, 0.6) is 0 Å². The van der Waals surface area contributed by atoms with Gasteiger partial charge in [-0.15, -0.1) is 11.3 Å². The average molecular weight is 348 g/mol. The van der Waals surface area contributed by atoms with Crippen LogP contribution in [-0.2, 0) is 4.79 Å². The fraction of sp³-hybridized carbons (Fsp3) is 0.389. The summed E-state index contributed by atoms with van der Waals surface area (Å²) in [4.78, 5) is 16.7. The molecule has 1 amide bonds. The zero-order valence-electron chi connectivity index (χ0n) is 13.1. The van der Waals surface area contributed by atoms with Gasteiger partial charge < -0.3 is 9.80 Å². The van der Waals surface area contributed by atoms with Crippen LogP contribution in [0.15, 0.2) is 35.7 Å². The normalized spacial score (nSPS) is 23.4. The third-order valence-corrected chi connectivity index (χ3v) is 5.82. The van der Waals surface area contributed by atoms with Gasteiger partial charge in [0, 0.05) is 43.6 Å². The Labute approximate surface area is 143 Å². The molecule has 6 heteroatoms. The molecular formula is C18H18F2N2OS. The molecule has 1 aliphatic carbocycles. The molecule has 24 heavy (non-hydrogen) atoms. The molecule has 2 aliphatic rings. The number of nitrogens with zero attached hydrogens (tertiary/aromatic N) is 2. The summed E-state index contributed by atoms with van der Waals surface area (Å²) in [6, 6.07) is 7.99. The van der Waals surface area contributed by atoms with Crippen LogP contribution in [0.25, 0.3) is 0 Å². The Bertz CT molecular complexity index is 721. The maximum Gasteiger partial charge on any atom is 0.226 e. The summed E-state index contributed by atoms with van der Waals surface area (Å²) in [7, 11) is 0. The van der Waals surface area contributed by atoms with Gasteiger partial charge in [-0.05, 0) is 36.1 Å². The van der Waals surface area contributed by atoms with Gasteiger partial charge in [0.25, 0.3) is 0 Å². The minimum Gasteiger partial charge on any atom is -0.360 e. The van der Waals surface area contributed by atoms with E-state index in [9.17, 15) is 13.6 Å². The molecule has 1 saturated carbocycles. The molecule has 4 rings (SSSR count). The average Bonchev–Trinajstić information content (AvgIpc) is 3.16. The molecule has 1 aromatic carbocycles. The second kappa shape index (κ2) is 6.16. The Hall–Kier alpha value is -1.95. The number of piperazine rings is 1. The van der Waals surface area contributed by atoms with Gasteiger partial charge in [-0.2, -0.15) is 0 Å². The number of halogens is 2. The molecule has 2 fully saturated rings. The van der Waals surface area contributed by atoms with Crippen LogP contribution in [-0.4, -0.2) is 37.0 Å². The van der Waals surface area contributed by atoms with E-state index >= 15 is 0 Å². The third-order valence-electron chi connectivity index (χ3n) is 4.89. The first kappa shape index (κ1) is 15.6. The van der Waals surface area contributed by atoms with Crippen molar-refractivity contribution in [3.8, 4) is 0 Å². The number of benzene rings is 1. The summed E-state index contributed by atoms with van der Waals surface area (Å²) in [5.74, 6) is -1.64. The van der Waals surface area contributed by atoms with Crippen LogP contribution >= 0.6 is 11.3 Å². The fourth-order valence-electron chi connectivity index (χ4n) is 3.48. The van der Waals surface area contributed by atoms with E-state index in [0.717, 1.165) is 13.1 Å². The first-order valence-electron chi connectivity index (χ1n) is 8.16. The van der Waals surface area contributed by atoms with E-state index in [1.807, 2.05) is 16.3 Å². The second-order valence-corrected chi connectivity index (χ2v) is 7.27. The first-order valence-corrected chi connectivity index (χ1v) is 9.04. The Morgan fingerprint density at radius 3 is 2.38 bits per heavy atom. The molecule has 1 aromatic heterocycles.